The standard InChI is InChI=1S/C20H15ClO3/c21-18-9-5-4-8-16(18)20(23)17-11-10-15(12-19(17)22)24-13-14-6-2-1-3-7-14/h1-12,22H,13H2. The van der Waals surface area contributed by atoms with Crippen LogP contribution in [0.1, 0.15) is 21.5 Å². The van der Waals surface area contributed by atoms with Crippen molar-refractivity contribution in [3.05, 3.63) is 94.5 Å². The Hall–Kier alpha value is -2.78. The highest BCUT2D eigenvalue weighted by Crippen LogP contribution is 2.28. The molecule has 3 rings (SSSR count). The second-order valence-electron chi connectivity index (χ2n) is 5.26. The summed E-state index contributed by atoms with van der Waals surface area (Å²) in [7, 11) is 0. The lowest BCUT2D eigenvalue weighted by Crippen LogP contribution is -2.03. The first-order valence-electron chi connectivity index (χ1n) is 7.44. The Kier molecular flexibility index (Phi) is 4.82. The van der Waals surface area contributed by atoms with Crippen LogP contribution in [0.15, 0.2) is 72.8 Å². The monoisotopic (exact) mass is 338 g/mol. The zero-order valence-electron chi connectivity index (χ0n) is 12.8. The maximum Gasteiger partial charge on any atom is 0.198 e. The van der Waals surface area contributed by atoms with Crippen LogP contribution >= 0.6 is 11.6 Å². The van der Waals surface area contributed by atoms with E-state index < -0.39 is 0 Å². The lowest BCUT2D eigenvalue weighted by molar-refractivity contribution is 0.103. The number of benzene rings is 3. The lowest BCUT2D eigenvalue weighted by atomic mass is 10.0. The molecule has 1 N–H and O–H groups in total. The van der Waals surface area contributed by atoms with Gasteiger partial charge in [0.2, 0.25) is 0 Å². The third-order valence-corrected chi connectivity index (χ3v) is 3.91. The number of rotatable bonds is 5. The quantitative estimate of drug-likeness (QED) is 0.676. The molecule has 4 heteroatoms. The van der Waals surface area contributed by atoms with Gasteiger partial charge in [-0.25, -0.2) is 0 Å². The molecule has 0 aromatic heterocycles. The predicted molar refractivity (Wildman–Crippen MR) is 93.8 cm³/mol. The first-order chi connectivity index (χ1) is 11.6. The van der Waals surface area contributed by atoms with Crippen LogP contribution in [0.25, 0.3) is 0 Å². The average Bonchev–Trinajstić information content (AvgIpc) is 2.61. The van der Waals surface area contributed by atoms with Gasteiger partial charge in [-0.1, -0.05) is 54.1 Å². The Morgan fingerprint density at radius 3 is 2.33 bits per heavy atom. The number of ether oxygens (including phenoxy) is 1. The fourth-order valence-electron chi connectivity index (χ4n) is 2.32. The minimum atomic E-state index is -0.326. The number of phenolic OH excluding ortho intramolecular Hbond substituents is 1. The Morgan fingerprint density at radius 2 is 1.62 bits per heavy atom. The Balaban J connectivity index is 1.77. The van der Waals surface area contributed by atoms with E-state index in [1.807, 2.05) is 30.3 Å². The van der Waals surface area contributed by atoms with Crippen LogP contribution in [0.5, 0.6) is 11.5 Å². The molecular weight excluding hydrogens is 324 g/mol. The summed E-state index contributed by atoms with van der Waals surface area (Å²) < 4.78 is 5.64. The zero-order chi connectivity index (χ0) is 16.9. The SMILES string of the molecule is O=C(c1ccc(OCc2ccccc2)cc1O)c1ccccc1Cl. The molecule has 0 amide bonds. The minimum absolute atomic E-state index is 0.134. The van der Waals surface area contributed by atoms with Gasteiger partial charge in [-0.15, -0.1) is 0 Å². The second-order valence-corrected chi connectivity index (χ2v) is 5.67. The molecule has 0 bridgehead atoms. The number of carbonyl (C=O) groups is 1. The van der Waals surface area contributed by atoms with E-state index in [-0.39, 0.29) is 17.1 Å². The molecule has 0 radical (unpaired) electrons. The molecule has 0 saturated carbocycles. The van der Waals surface area contributed by atoms with Gasteiger partial charge in [0.25, 0.3) is 0 Å². The van der Waals surface area contributed by atoms with Gasteiger partial charge in [-0.2, -0.15) is 0 Å². The van der Waals surface area contributed by atoms with Gasteiger partial charge >= 0.3 is 0 Å². The number of hydrogen-bond acceptors (Lipinski definition) is 3. The maximum atomic E-state index is 12.5. The van der Waals surface area contributed by atoms with Crippen LogP contribution in [-0.4, -0.2) is 10.9 Å². The van der Waals surface area contributed by atoms with Gasteiger partial charge in [0.15, 0.2) is 5.78 Å². The first kappa shape index (κ1) is 16.1. The number of halogens is 1. The molecule has 0 heterocycles. The smallest absolute Gasteiger partial charge is 0.198 e. The summed E-state index contributed by atoms with van der Waals surface area (Å²) in [5, 5.41) is 10.5. The van der Waals surface area contributed by atoms with Crippen molar-refractivity contribution in [2.24, 2.45) is 0 Å². The first-order valence-corrected chi connectivity index (χ1v) is 7.82. The third kappa shape index (κ3) is 3.58. The highest BCUT2D eigenvalue weighted by Gasteiger charge is 2.16. The summed E-state index contributed by atoms with van der Waals surface area (Å²) in [6.45, 7) is 0.387. The summed E-state index contributed by atoms with van der Waals surface area (Å²) in [5.41, 5.74) is 1.57. The van der Waals surface area contributed by atoms with Gasteiger partial charge < -0.3 is 9.84 Å². The van der Waals surface area contributed by atoms with E-state index in [2.05, 4.69) is 0 Å². The Labute approximate surface area is 145 Å². The molecule has 0 unspecified atom stereocenters. The van der Waals surface area contributed by atoms with Crippen LogP contribution in [0.4, 0.5) is 0 Å². The van der Waals surface area contributed by atoms with Gasteiger partial charge in [0, 0.05) is 11.6 Å². The van der Waals surface area contributed by atoms with Gasteiger partial charge in [-0.05, 0) is 29.8 Å². The van der Waals surface area contributed by atoms with Crippen LogP contribution in [0, 0.1) is 0 Å². The molecule has 24 heavy (non-hydrogen) atoms. The van der Waals surface area contributed by atoms with Crippen molar-refractivity contribution in [2.75, 3.05) is 0 Å². The van der Waals surface area contributed by atoms with E-state index in [1.54, 1.807) is 36.4 Å². The zero-order valence-corrected chi connectivity index (χ0v) is 13.5. The van der Waals surface area contributed by atoms with E-state index in [4.69, 9.17) is 16.3 Å². The lowest BCUT2D eigenvalue weighted by Gasteiger charge is -2.09. The van der Waals surface area contributed by atoms with Crippen LogP contribution in [0.2, 0.25) is 5.02 Å². The van der Waals surface area contributed by atoms with Crippen molar-refractivity contribution in [2.45, 2.75) is 6.61 Å². The van der Waals surface area contributed by atoms with Gasteiger partial charge in [-0.3, -0.25) is 4.79 Å². The predicted octanol–water partition coefficient (Wildman–Crippen LogP) is 4.86. The van der Waals surface area contributed by atoms with Crippen molar-refractivity contribution in [3.8, 4) is 11.5 Å². The van der Waals surface area contributed by atoms with Crippen molar-refractivity contribution in [1.29, 1.82) is 0 Å². The number of phenols is 1. The highest BCUT2D eigenvalue weighted by atomic mass is 35.5. The molecule has 0 fully saturated rings. The fraction of sp³-hybridized carbons (Fsp3) is 0.0500. The second kappa shape index (κ2) is 7.20. The summed E-state index contributed by atoms with van der Waals surface area (Å²) in [5.74, 6) is 0.0326. The van der Waals surface area contributed by atoms with Crippen molar-refractivity contribution in [1.82, 2.24) is 0 Å². The van der Waals surface area contributed by atoms with E-state index in [1.165, 1.54) is 6.07 Å². The summed E-state index contributed by atoms with van der Waals surface area (Å²) in [6, 6.07) is 21.1. The van der Waals surface area contributed by atoms with Crippen molar-refractivity contribution >= 4 is 17.4 Å². The van der Waals surface area contributed by atoms with Crippen LogP contribution in [0.3, 0.4) is 0 Å². The Bertz CT molecular complexity index is 860. The molecule has 0 aliphatic carbocycles. The molecule has 0 aliphatic rings. The van der Waals surface area contributed by atoms with Crippen molar-refractivity contribution in [3.63, 3.8) is 0 Å². The molecule has 120 valence electrons. The molecule has 3 nitrogen and oxygen atoms in total. The number of hydrogen-bond donors (Lipinski definition) is 1. The van der Waals surface area contributed by atoms with Crippen LogP contribution in [-0.2, 0) is 6.61 Å². The topological polar surface area (TPSA) is 46.5 Å². The number of ketones is 1. The molecule has 0 atom stereocenters. The maximum absolute atomic E-state index is 12.5. The van der Waals surface area contributed by atoms with Crippen LogP contribution < -0.4 is 4.74 Å². The van der Waals surface area contributed by atoms with Gasteiger partial charge in [0.1, 0.15) is 18.1 Å². The van der Waals surface area contributed by atoms with E-state index in [9.17, 15) is 9.90 Å². The third-order valence-electron chi connectivity index (χ3n) is 3.58. The molecule has 0 aliphatic heterocycles. The van der Waals surface area contributed by atoms with E-state index in [0.717, 1.165) is 5.56 Å². The molecule has 3 aromatic rings. The fourth-order valence-corrected chi connectivity index (χ4v) is 2.55. The number of carbonyl (C=O) groups excluding carboxylic acids is 1. The van der Waals surface area contributed by atoms with Crippen molar-refractivity contribution < 1.29 is 14.6 Å². The summed E-state index contributed by atoms with van der Waals surface area (Å²) in [6.07, 6.45) is 0. The normalized spacial score (nSPS) is 10.4. The van der Waals surface area contributed by atoms with Gasteiger partial charge in [0.05, 0.1) is 10.6 Å². The molecule has 3 aromatic carbocycles. The summed E-state index contributed by atoms with van der Waals surface area (Å²) in [4.78, 5) is 12.5. The molecule has 0 saturated heterocycles. The van der Waals surface area contributed by atoms with E-state index >= 15 is 0 Å². The average molecular weight is 339 g/mol. The summed E-state index contributed by atoms with van der Waals surface area (Å²) >= 11 is 6.04. The Morgan fingerprint density at radius 1 is 0.917 bits per heavy atom. The largest absolute Gasteiger partial charge is 0.507 e. The highest BCUT2D eigenvalue weighted by molar-refractivity contribution is 6.35. The minimum Gasteiger partial charge on any atom is -0.507 e. The molecule has 0 spiro atoms. The number of aromatic hydroxyl groups is 1. The van der Waals surface area contributed by atoms with E-state index in [0.29, 0.717) is 22.9 Å². The molecular formula is C20H15ClO3.